The van der Waals surface area contributed by atoms with E-state index in [1.165, 1.54) is 0 Å². The fraction of sp³-hybridized carbons (Fsp3) is 0.391. The molecule has 4 amide bonds. The Morgan fingerprint density at radius 1 is 1.23 bits per heavy atom. The molecule has 8 heteroatoms. The lowest BCUT2D eigenvalue weighted by Crippen LogP contribution is -2.49. The van der Waals surface area contributed by atoms with E-state index >= 15 is 0 Å². The molecule has 4 rings (SSSR count). The van der Waals surface area contributed by atoms with Gasteiger partial charge in [-0.25, -0.2) is 9.69 Å². The number of carbonyl (C=O) groups excluding carboxylic acids is 3. The molecule has 1 aliphatic heterocycles. The number of hydrogen-bond donors (Lipinski definition) is 2. The molecule has 8 nitrogen and oxygen atoms in total. The average molecular weight is 422 g/mol. The second-order valence-corrected chi connectivity index (χ2v) is 8.05. The van der Waals surface area contributed by atoms with Crippen LogP contribution in [0.2, 0.25) is 0 Å². The van der Waals surface area contributed by atoms with Gasteiger partial charge in [0.2, 0.25) is 5.91 Å². The minimum absolute atomic E-state index is 0.263. The highest BCUT2D eigenvalue weighted by atomic mass is 16.5. The van der Waals surface area contributed by atoms with E-state index in [0.29, 0.717) is 25.2 Å². The topological polar surface area (TPSA) is 101 Å². The van der Waals surface area contributed by atoms with E-state index in [1.807, 2.05) is 42.5 Å². The zero-order chi connectivity index (χ0) is 21.8. The monoisotopic (exact) mass is 422 g/mol. The predicted octanol–water partition coefficient (Wildman–Crippen LogP) is 2.53. The second kappa shape index (κ2) is 8.75. The number of hydrogen-bond acceptors (Lipinski definition) is 5. The molecule has 1 saturated heterocycles. The van der Waals surface area contributed by atoms with Gasteiger partial charge in [-0.2, -0.15) is 0 Å². The van der Waals surface area contributed by atoms with Crippen molar-refractivity contribution in [3.8, 4) is 5.75 Å². The van der Waals surface area contributed by atoms with Gasteiger partial charge in [0, 0.05) is 12.7 Å². The smallest absolute Gasteiger partial charge is 0.325 e. The average Bonchev–Trinajstić information content (AvgIpc) is 3.35. The molecular weight excluding hydrogens is 396 g/mol. The molecule has 1 aromatic carbocycles. The highest BCUT2D eigenvalue weighted by Crippen LogP contribution is 2.35. The first kappa shape index (κ1) is 20.8. The van der Waals surface area contributed by atoms with E-state index in [2.05, 4.69) is 15.6 Å². The van der Waals surface area contributed by atoms with E-state index in [4.69, 9.17) is 4.74 Å². The number of pyridine rings is 1. The van der Waals surface area contributed by atoms with Crippen molar-refractivity contribution >= 4 is 17.8 Å². The molecule has 1 unspecified atom stereocenters. The van der Waals surface area contributed by atoms with Crippen LogP contribution in [0, 0.1) is 0 Å². The Labute approximate surface area is 181 Å². The maximum Gasteiger partial charge on any atom is 0.325 e. The van der Waals surface area contributed by atoms with Crippen molar-refractivity contribution in [2.45, 2.75) is 57.3 Å². The summed E-state index contributed by atoms with van der Waals surface area (Å²) in [6.07, 6.45) is 4.78. The summed E-state index contributed by atoms with van der Waals surface area (Å²) in [5.74, 6) is 0.00338. The summed E-state index contributed by atoms with van der Waals surface area (Å²) in [6.45, 7) is 2.19. The Hall–Kier alpha value is -3.42. The molecular formula is C23H26N4O4. The number of nitrogens with zero attached hydrogens (tertiary/aromatic N) is 2. The summed E-state index contributed by atoms with van der Waals surface area (Å²) >= 11 is 0. The minimum atomic E-state index is -0.879. The van der Waals surface area contributed by atoms with Gasteiger partial charge in [-0.1, -0.05) is 31.0 Å². The number of urea groups is 1. The number of benzene rings is 1. The Kier molecular flexibility index (Phi) is 5.88. The van der Waals surface area contributed by atoms with Gasteiger partial charge >= 0.3 is 6.03 Å². The number of rotatable bonds is 7. The summed E-state index contributed by atoms with van der Waals surface area (Å²) < 4.78 is 5.77. The Morgan fingerprint density at radius 2 is 2.03 bits per heavy atom. The molecule has 2 aliphatic rings. The van der Waals surface area contributed by atoms with E-state index in [0.717, 1.165) is 29.0 Å². The molecule has 1 atom stereocenters. The second-order valence-electron chi connectivity index (χ2n) is 8.05. The molecule has 1 spiro atoms. The molecule has 2 aromatic rings. The van der Waals surface area contributed by atoms with Crippen molar-refractivity contribution in [3.05, 3.63) is 59.9 Å². The molecule has 162 valence electrons. The number of amides is 4. The van der Waals surface area contributed by atoms with Crippen LogP contribution in [0.25, 0.3) is 0 Å². The Morgan fingerprint density at radius 3 is 2.77 bits per heavy atom. The fourth-order valence-corrected chi connectivity index (χ4v) is 4.15. The summed E-state index contributed by atoms with van der Waals surface area (Å²) in [5.41, 5.74) is 0.859. The van der Waals surface area contributed by atoms with E-state index < -0.39 is 17.6 Å². The first-order chi connectivity index (χ1) is 15.0. The van der Waals surface area contributed by atoms with Crippen LogP contribution in [-0.4, -0.2) is 39.3 Å². The lowest BCUT2D eigenvalue weighted by molar-refractivity contribution is -0.137. The molecule has 2 heterocycles. The standard InChI is InChI=1S/C23H26N4O4/c1-16(27-21(29)23(26-22(27)30)10-3-4-11-23)20(28)25-14-17-7-6-9-19(13-17)31-15-18-8-2-5-12-24-18/h2,5-9,12-13,16H,3-4,10-11,14-15H2,1H3,(H,25,28)(H,26,30). The molecule has 31 heavy (non-hydrogen) atoms. The van der Waals surface area contributed by atoms with Crippen LogP contribution in [0.5, 0.6) is 5.75 Å². The first-order valence-electron chi connectivity index (χ1n) is 10.5. The number of ether oxygens (including phenoxy) is 1. The predicted molar refractivity (Wildman–Crippen MR) is 113 cm³/mol. The van der Waals surface area contributed by atoms with Gasteiger partial charge in [-0.05, 0) is 49.6 Å². The van der Waals surface area contributed by atoms with Crippen molar-refractivity contribution in [1.29, 1.82) is 0 Å². The van der Waals surface area contributed by atoms with Crippen LogP contribution < -0.4 is 15.4 Å². The van der Waals surface area contributed by atoms with Crippen molar-refractivity contribution in [2.75, 3.05) is 0 Å². The van der Waals surface area contributed by atoms with Crippen molar-refractivity contribution in [3.63, 3.8) is 0 Å². The molecule has 1 aromatic heterocycles. The van der Waals surface area contributed by atoms with Crippen LogP contribution in [0.3, 0.4) is 0 Å². The highest BCUT2D eigenvalue weighted by Gasteiger charge is 2.54. The van der Waals surface area contributed by atoms with Gasteiger partial charge in [-0.3, -0.25) is 14.6 Å². The maximum atomic E-state index is 12.8. The Balaban J connectivity index is 1.33. The summed E-state index contributed by atoms with van der Waals surface area (Å²) in [4.78, 5) is 43.2. The largest absolute Gasteiger partial charge is 0.487 e. The third-order valence-corrected chi connectivity index (χ3v) is 5.90. The third kappa shape index (κ3) is 4.38. The van der Waals surface area contributed by atoms with Gasteiger partial charge in [0.1, 0.15) is 23.9 Å². The van der Waals surface area contributed by atoms with E-state index in [1.54, 1.807) is 13.1 Å². The molecule has 1 saturated carbocycles. The van der Waals surface area contributed by atoms with Gasteiger partial charge < -0.3 is 15.4 Å². The van der Waals surface area contributed by atoms with Crippen LogP contribution in [0.1, 0.15) is 43.9 Å². The molecule has 1 aliphatic carbocycles. The van der Waals surface area contributed by atoms with Gasteiger partial charge in [0.15, 0.2) is 0 Å². The minimum Gasteiger partial charge on any atom is -0.487 e. The van der Waals surface area contributed by atoms with Crippen LogP contribution in [0.4, 0.5) is 4.79 Å². The van der Waals surface area contributed by atoms with Gasteiger partial charge in [-0.15, -0.1) is 0 Å². The number of carbonyl (C=O) groups is 3. The molecule has 2 N–H and O–H groups in total. The lowest BCUT2D eigenvalue weighted by Gasteiger charge is -2.23. The zero-order valence-corrected chi connectivity index (χ0v) is 17.5. The normalized spacial score (nSPS) is 18.2. The van der Waals surface area contributed by atoms with Gasteiger partial charge in [0.25, 0.3) is 5.91 Å². The summed E-state index contributed by atoms with van der Waals surface area (Å²) in [5, 5.41) is 5.63. The quantitative estimate of drug-likeness (QED) is 0.668. The first-order valence-corrected chi connectivity index (χ1v) is 10.5. The van der Waals surface area contributed by atoms with Crippen LogP contribution in [-0.2, 0) is 22.7 Å². The highest BCUT2D eigenvalue weighted by molar-refractivity contribution is 6.09. The van der Waals surface area contributed by atoms with Gasteiger partial charge in [0.05, 0.1) is 5.69 Å². The van der Waals surface area contributed by atoms with Crippen LogP contribution in [0.15, 0.2) is 48.7 Å². The maximum absolute atomic E-state index is 12.8. The zero-order valence-electron chi connectivity index (χ0n) is 17.5. The molecule has 0 bridgehead atoms. The van der Waals surface area contributed by atoms with Crippen LogP contribution >= 0.6 is 0 Å². The lowest BCUT2D eigenvalue weighted by atomic mass is 9.97. The van der Waals surface area contributed by atoms with E-state index in [-0.39, 0.29) is 18.4 Å². The third-order valence-electron chi connectivity index (χ3n) is 5.90. The van der Waals surface area contributed by atoms with E-state index in [9.17, 15) is 14.4 Å². The van der Waals surface area contributed by atoms with Crippen molar-refractivity contribution in [2.24, 2.45) is 0 Å². The van der Waals surface area contributed by atoms with Crippen molar-refractivity contribution < 1.29 is 19.1 Å². The SMILES string of the molecule is CC(C(=O)NCc1cccc(OCc2ccccn2)c1)N1C(=O)NC2(CCCC2)C1=O. The number of nitrogens with one attached hydrogen (secondary N) is 2. The fourth-order valence-electron chi connectivity index (χ4n) is 4.15. The summed E-state index contributed by atoms with van der Waals surface area (Å²) in [6, 6.07) is 11.7. The molecule has 2 fully saturated rings. The summed E-state index contributed by atoms with van der Waals surface area (Å²) in [7, 11) is 0. The van der Waals surface area contributed by atoms with Crippen molar-refractivity contribution in [1.82, 2.24) is 20.5 Å². The molecule has 0 radical (unpaired) electrons. The number of aromatic nitrogens is 1. The number of imide groups is 1. The Bertz CT molecular complexity index is 973.